The second-order valence-electron chi connectivity index (χ2n) is 10.7. The van der Waals surface area contributed by atoms with Crippen LogP contribution in [0.5, 0.6) is 0 Å². The first-order valence-corrected chi connectivity index (χ1v) is 17.3. The van der Waals surface area contributed by atoms with Crippen LogP contribution in [-0.2, 0) is 9.47 Å². The fourth-order valence-electron chi connectivity index (χ4n) is 4.07. The van der Waals surface area contributed by atoms with Gasteiger partial charge in [-0.2, -0.15) is 0 Å². The quantitative estimate of drug-likeness (QED) is 0.109. The summed E-state index contributed by atoms with van der Waals surface area (Å²) in [7, 11) is 2.71. The van der Waals surface area contributed by atoms with E-state index in [1.165, 1.54) is 17.8 Å². The van der Waals surface area contributed by atoms with Gasteiger partial charge < -0.3 is 14.6 Å². The molecule has 0 spiro atoms. The third-order valence-electron chi connectivity index (χ3n) is 6.89. The third kappa shape index (κ3) is 15.6. The molecular formula is C47H35IO6. The van der Waals surface area contributed by atoms with Crippen molar-refractivity contribution < 1.29 is 29.0 Å². The maximum atomic E-state index is 11.2. The van der Waals surface area contributed by atoms with Gasteiger partial charge in [-0.25, -0.2) is 14.4 Å². The standard InChI is InChI=1S/C16H12O2.C15H10O2.C10H8O2.C6H5I/c1-18-16(17)15-11-9-14(10-12-15)8-7-13-5-3-2-4-6-13;16-15(17)14-10-8-13(9-11-14)7-6-12-4-2-1-3-5-12;1-3-8-4-6-9(7-5-8)10(11)12-2;7-6-4-2-1-3-5-6/h2-6,9-12H,1H3;1-5,8-11H,(H,16,17);1,4-7H,2H3;1-5H. The molecule has 0 aliphatic rings. The first-order chi connectivity index (χ1) is 26.2. The van der Waals surface area contributed by atoms with Gasteiger partial charge in [-0.1, -0.05) is 84.2 Å². The molecule has 6 rings (SSSR count). The number of ether oxygens (including phenoxy) is 2. The highest BCUT2D eigenvalue weighted by atomic mass is 127. The van der Waals surface area contributed by atoms with Crippen LogP contribution >= 0.6 is 22.6 Å². The lowest BCUT2D eigenvalue weighted by Gasteiger charge is -1.98. The molecule has 0 saturated carbocycles. The van der Waals surface area contributed by atoms with Crippen molar-refractivity contribution in [3.05, 3.63) is 212 Å². The second kappa shape index (κ2) is 23.6. The summed E-state index contributed by atoms with van der Waals surface area (Å²) in [5.41, 5.74) is 5.65. The molecule has 54 heavy (non-hydrogen) atoms. The van der Waals surface area contributed by atoms with E-state index in [4.69, 9.17) is 11.5 Å². The van der Waals surface area contributed by atoms with Gasteiger partial charge in [0.05, 0.1) is 30.9 Å². The summed E-state index contributed by atoms with van der Waals surface area (Å²) in [6, 6.07) is 49.9. The highest BCUT2D eigenvalue weighted by Crippen LogP contribution is 2.07. The number of aromatic carboxylic acids is 1. The molecule has 6 aromatic carbocycles. The number of benzene rings is 6. The molecule has 0 heterocycles. The van der Waals surface area contributed by atoms with Crippen molar-refractivity contribution in [1.29, 1.82) is 0 Å². The fourth-order valence-corrected chi connectivity index (χ4v) is 4.49. The monoisotopic (exact) mass is 822 g/mol. The summed E-state index contributed by atoms with van der Waals surface area (Å²) in [5.74, 6) is 12.9. The molecule has 0 radical (unpaired) electrons. The number of carboxylic acids is 1. The second-order valence-corrected chi connectivity index (χ2v) is 11.9. The number of halogens is 1. The van der Waals surface area contributed by atoms with E-state index in [9.17, 15) is 14.4 Å². The van der Waals surface area contributed by atoms with E-state index in [0.717, 1.165) is 27.8 Å². The largest absolute Gasteiger partial charge is 0.478 e. The number of hydrogen-bond acceptors (Lipinski definition) is 5. The van der Waals surface area contributed by atoms with E-state index in [1.807, 2.05) is 91.0 Å². The first kappa shape index (κ1) is 41.6. The Labute approximate surface area is 330 Å². The molecule has 0 amide bonds. The first-order valence-electron chi connectivity index (χ1n) is 16.2. The van der Waals surface area contributed by atoms with Crippen LogP contribution in [-0.4, -0.2) is 37.2 Å². The molecule has 0 aromatic heterocycles. The SMILES string of the molecule is C#Cc1ccc(C(=O)OC)cc1.COC(=O)c1ccc(C#Cc2ccccc2)cc1.Ic1ccccc1.O=C(O)c1ccc(C#Cc2ccccc2)cc1. The fraction of sp³-hybridized carbons (Fsp3) is 0.0426. The molecule has 7 heteroatoms. The predicted octanol–water partition coefficient (Wildman–Crippen LogP) is 9.40. The van der Waals surface area contributed by atoms with Crippen molar-refractivity contribution in [2.75, 3.05) is 14.2 Å². The van der Waals surface area contributed by atoms with Gasteiger partial charge in [0, 0.05) is 31.4 Å². The molecule has 0 fully saturated rings. The molecule has 266 valence electrons. The lowest BCUT2D eigenvalue weighted by Crippen LogP contribution is -2.00. The molecule has 6 nitrogen and oxygen atoms in total. The highest BCUT2D eigenvalue weighted by molar-refractivity contribution is 14.1. The number of carbonyl (C=O) groups excluding carboxylic acids is 2. The van der Waals surface area contributed by atoms with Crippen molar-refractivity contribution in [3.8, 4) is 36.0 Å². The maximum Gasteiger partial charge on any atom is 0.337 e. The van der Waals surface area contributed by atoms with Crippen molar-refractivity contribution in [2.45, 2.75) is 0 Å². The molecule has 0 saturated heterocycles. The number of carboxylic acid groups (broad SMARTS) is 1. The molecule has 0 aliphatic carbocycles. The van der Waals surface area contributed by atoms with Crippen LogP contribution in [0.25, 0.3) is 0 Å². The van der Waals surface area contributed by atoms with E-state index in [0.29, 0.717) is 11.1 Å². The Morgan fingerprint density at radius 1 is 0.463 bits per heavy atom. The molecule has 0 bridgehead atoms. The van der Waals surface area contributed by atoms with E-state index in [-0.39, 0.29) is 17.5 Å². The van der Waals surface area contributed by atoms with E-state index in [2.05, 4.69) is 73.8 Å². The van der Waals surface area contributed by atoms with Crippen LogP contribution in [0.1, 0.15) is 58.9 Å². The minimum absolute atomic E-state index is 0.273. The number of esters is 2. The van der Waals surface area contributed by atoms with Gasteiger partial charge in [0.1, 0.15) is 0 Å². The summed E-state index contributed by atoms with van der Waals surface area (Å²) in [6.45, 7) is 0. The minimum atomic E-state index is -0.924. The summed E-state index contributed by atoms with van der Waals surface area (Å²) >= 11 is 2.28. The van der Waals surface area contributed by atoms with E-state index in [1.54, 1.807) is 60.7 Å². The Bertz CT molecular complexity index is 2240. The Morgan fingerprint density at radius 3 is 1.04 bits per heavy atom. The van der Waals surface area contributed by atoms with E-state index >= 15 is 0 Å². The van der Waals surface area contributed by atoms with Gasteiger partial charge in [-0.05, 0) is 132 Å². The Balaban J connectivity index is 0.000000203. The van der Waals surface area contributed by atoms with Crippen LogP contribution in [0.15, 0.2) is 164 Å². The van der Waals surface area contributed by atoms with Gasteiger partial charge in [-0.3, -0.25) is 0 Å². The van der Waals surface area contributed by atoms with Gasteiger partial charge in [0.2, 0.25) is 0 Å². The van der Waals surface area contributed by atoms with Crippen molar-refractivity contribution in [1.82, 2.24) is 0 Å². The number of methoxy groups -OCH3 is 2. The highest BCUT2D eigenvalue weighted by Gasteiger charge is 2.04. The number of carbonyl (C=O) groups is 3. The van der Waals surface area contributed by atoms with Crippen LogP contribution in [0.3, 0.4) is 0 Å². The Kier molecular flexibility index (Phi) is 18.1. The average molecular weight is 823 g/mol. The summed E-state index contributed by atoms with van der Waals surface area (Å²) in [4.78, 5) is 32.8. The minimum Gasteiger partial charge on any atom is -0.478 e. The Hall–Kier alpha value is -6.86. The van der Waals surface area contributed by atoms with Gasteiger partial charge in [-0.15, -0.1) is 6.42 Å². The molecule has 1 N–H and O–H groups in total. The maximum absolute atomic E-state index is 11.2. The molecule has 0 atom stereocenters. The van der Waals surface area contributed by atoms with Crippen molar-refractivity contribution >= 4 is 40.5 Å². The average Bonchev–Trinajstić information content (AvgIpc) is 3.23. The molecule has 0 aliphatic heterocycles. The number of rotatable bonds is 3. The Morgan fingerprint density at radius 2 is 0.759 bits per heavy atom. The number of hydrogen-bond donors (Lipinski definition) is 1. The van der Waals surface area contributed by atoms with Crippen LogP contribution in [0.2, 0.25) is 0 Å². The normalized spacial score (nSPS) is 9.00. The van der Waals surface area contributed by atoms with Gasteiger partial charge in [0.15, 0.2) is 0 Å². The smallest absolute Gasteiger partial charge is 0.337 e. The summed E-state index contributed by atoms with van der Waals surface area (Å²) in [5, 5.41) is 8.75. The zero-order valence-electron chi connectivity index (χ0n) is 29.5. The zero-order valence-corrected chi connectivity index (χ0v) is 31.7. The predicted molar refractivity (Wildman–Crippen MR) is 221 cm³/mol. The van der Waals surface area contributed by atoms with Gasteiger partial charge >= 0.3 is 17.9 Å². The zero-order chi connectivity index (χ0) is 39.0. The number of terminal acetylenes is 1. The van der Waals surface area contributed by atoms with E-state index < -0.39 is 5.97 Å². The van der Waals surface area contributed by atoms with Crippen LogP contribution < -0.4 is 0 Å². The molecule has 6 aromatic rings. The summed E-state index contributed by atoms with van der Waals surface area (Å²) < 4.78 is 10.4. The van der Waals surface area contributed by atoms with Crippen LogP contribution in [0.4, 0.5) is 0 Å². The summed E-state index contributed by atoms with van der Waals surface area (Å²) in [6.07, 6.45) is 5.14. The molecule has 0 unspecified atom stereocenters. The van der Waals surface area contributed by atoms with Crippen molar-refractivity contribution in [2.24, 2.45) is 0 Å². The topological polar surface area (TPSA) is 89.9 Å². The lowest BCUT2D eigenvalue weighted by molar-refractivity contribution is 0.0592. The van der Waals surface area contributed by atoms with Crippen molar-refractivity contribution in [3.63, 3.8) is 0 Å². The van der Waals surface area contributed by atoms with Crippen LogP contribution in [0, 0.1) is 39.6 Å². The van der Waals surface area contributed by atoms with Gasteiger partial charge in [0.25, 0.3) is 0 Å². The third-order valence-corrected chi connectivity index (χ3v) is 7.61. The lowest BCUT2D eigenvalue weighted by atomic mass is 10.1. The molecular weight excluding hydrogens is 787 g/mol.